The van der Waals surface area contributed by atoms with E-state index in [1.165, 1.54) is 12.5 Å². The van der Waals surface area contributed by atoms with Gasteiger partial charge in [-0.15, -0.1) is 0 Å². The fourth-order valence-electron chi connectivity index (χ4n) is 4.01. The molecular weight excluding hydrogens is 412 g/mol. The number of imidazole rings is 1. The fourth-order valence-corrected chi connectivity index (χ4v) is 4.01. The number of carboxylic acid groups (broad SMARTS) is 1. The standard InChI is InChI=1S/C24H30N2O6/c1-3-22(27)31-16(2)32-23(28)11-7-5-9-18(24(29)30)14-19-21-13-12-17-8-4-6-10-20(17)26(21)15-25-19/h4,6,8,10,15-16,18H,3,5,7,9,11-14H2,1-2H3,(H,29,30)/t16?,18-/m0/s1. The molecule has 1 unspecified atom stereocenters. The van der Waals surface area contributed by atoms with Crippen molar-refractivity contribution in [2.75, 3.05) is 0 Å². The van der Waals surface area contributed by atoms with Crippen LogP contribution in [0.2, 0.25) is 0 Å². The molecule has 0 radical (unpaired) electrons. The molecule has 2 heterocycles. The van der Waals surface area contributed by atoms with Crippen LogP contribution in [-0.4, -0.2) is 38.9 Å². The zero-order valence-corrected chi connectivity index (χ0v) is 18.6. The zero-order valence-electron chi connectivity index (χ0n) is 18.6. The largest absolute Gasteiger partial charge is 0.481 e. The Kier molecular flexibility index (Phi) is 8.03. The minimum Gasteiger partial charge on any atom is -0.481 e. The van der Waals surface area contributed by atoms with Crippen molar-refractivity contribution in [3.8, 4) is 5.69 Å². The van der Waals surface area contributed by atoms with Crippen molar-refractivity contribution in [1.29, 1.82) is 0 Å². The third-order valence-electron chi connectivity index (χ3n) is 5.69. The lowest BCUT2D eigenvalue weighted by Gasteiger charge is -2.20. The predicted octanol–water partition coefficient (Wildman–Crippen LogP) is 3.62. The SMILES string of the molecule is CCC(=O)OC(C)OC(=O)CCCC[C@@H](Cc1ncn2c1CCc1ccccc1-2)C(=O)O. The van der Waals surface area contributed by atoms with Crippen LogP contribution in [0, 0.1) is 5.92 Å². The van der Waals surface area contributed by atoms with Gasteiger partial charge < -0.3 is 19.1 Å². The van der Waals surface area contributed by atoms with Crippen molar-refractivity contribution in [3.05, 3.63) is 47.5 Å². The minimum absolute atomic E-state index is 0.150. The van der Waals surface area contributed by atoms with Gasteiger partial charge in [0.1, 0.15) is 0 Å². The summed E-state index contributed by atoms with van der Waals surface area (Å²) in [5, 5.41) is 9.69. The maximum absolute atomic E-state index is 11.9. The maximum atomic E-state index is 11.9. The number of aliphatic carboxylic acids is 1. The van der Waals surface area contributed by atoms with E-state index in [0.29, 0.717) is 25.7 Å². The molecule has 8 nitrogen and oxygen atoms in total. The topological polar surface area (TPSA) is 108 Å². The second-order valence-electron chi connectivity index (χ2n) is 8.02. The van der Waals surface area contributed by atoms with E-state index in [2.05, 4.69) is 21.7 Å². The summed E-state index contributed by atoms with van der Waals surface area (Å²) < 4.78 is 12.0. The van der Waals surface area contributed by atoms with Gasteiger partial charge in [-0.2, -0.15) is 0 Å². The first-order valence-electron chi connectivity index (χ1n) is 11.1. The van der Waals surface area contributed by atoms with E-state index in [-0.39, 0.29) is 12.8 Å². The highest BCUT2D eigenvalue weighted by Crippen LogP contribution is 2.28. The van der Waals surface area contributed by atoms with Crippen molar-refractivity contribution in [2.24, 2.45) is 5.92 Å². The average Bonchev–Trinajstić information content (AvgIpc) is 3.18. The average molecular weight is 443 g/mol. The minimum atomic E-state index is -0.918. The van der Waals surface area contributed by atoms with Gasteiger partial charge in [-0.3, -0.25) is 14.4 Å². The highest BCUT2D eigenvalue weighted by molar-refractivity contribution is 5.71. The molecular formula is C24H30N2O6. The molecule has 1 aromatic carbocycles. The highest BCUT2D eigenvalue weighted by atomic mass is 16.7. The van der Waals surface area contributed by atoms with Crippen LogP contribution >= 0.6 is 0 Å². The summed E-state index contributed by atoms with van der Waals surface area (Å²) in [6.07, 6.45) is 4.89. The maximum Gasteiger partial charge on any atom is 0.308 e. The van der Waals surface area contributed by atoms with Crippen molar-refractivity contribution < 1.29 is 29.0 Å². The van der Waals surface area contributed by atoms with Crippen molar-refractivity contribution in [3.63, 3.8) is 0 Å². The summed E-state index contributed by atoms with van der Waals surface area (Å²) in [6.45, 7) is 3.16. The third-order valence-corrected chi connectivity index (χ3v) is 5.69. The van der Waals surface area contributed by atoms with E-state index in [4.69, 9.17) is 9.47 Å². The quantitative estimate of drug-likeness (QED) is 0.322. The van der Waals surface area contributed by atoms with Gasteiger partial charge in [0.2, 0.25) is 6.29 Å². The van der Waals surface area contributed by atoms with E-state index in [1.54, 1.807) is 13.3 Å². The van der Waals surface area contributed by atoms with Gasteiger partial charge in [0.15, 0.2) is 0 Å². The van der Waals surface area contributed by atoms with Crippen molar-refractivity contribution >= 4 is 17.9 Å². The van der Waals surface area contributed by atoms with Crippen molar-refractivity contribution in [2.45, 2.75) is 71.5 Å². The Bertz CT molecular complexity index is 967. The highest BCUT2D eigenvalue weighted by Gasteiger charge is 2.25. The molecule has 172 valence electrons. The van der Waals surface area contributed by atoms with Crippen LogP contribution in [-0.2, 0) is 43.1 Å². The molecule has 0 spiro atoms. The number of carboxylic acids is 1. The lowest BCUT2D eigenvalue weighted by atomic mass is 9.93. The molecule has 0 aliphatic carbocycles. The smallest absolute Gasteiger partial charge is 0.308 e. The number of unbranched alkanes of at least 4 members (excludes halogenated alkanes) is 1. The lowest BCUT2D eigenvalue weighted by molar-refractivity contribution is -0.184. The third kappa shape index (κ3) is 5.96. The number of nitrogens with zero attached hydrogens (tertiary/aromatic N) is 2. The van der Waals surface area contributed by atoms with Crippen LogP contribution in [0.25, 0.3) is 5.69 Å². The summed E-state index contributed by atoms with van der Waals surface area (Å²) in [5.41, 5.74) is 4.29. The zero-order chi connectivity index (χ0) is 23.1. The summed E-state index contributed by atoms with van der Waals surface area (Å²) >= 11 is 0. The van der Waals surface area contributed by atoms with Gasteiger partial charge >= 0.3 is 17.9 Å². The van der Waals surface area contributed by atoms with E-state index < -0.39 is 30.1 Å². The molecule has 0 saturated carbocycles. The molecule has 1 aliphatic rings. The lowest BCUT2D eigenvalue weighted by Crippen LogP contribution is -2.21. The van der Waals surface area contributed by atoms with Gasteiger partial charge in [-0.1, -0.05) is 31.5 Å². The number of rotatable bonds is 11. The van der Waals surface area contributed by atoms with E-state index in [9.17, 15) is 19.5 Å². The van der Waals surface area contributed by atoms with Gasteiger partial charge in [-0.05, 0) is 37.3 Å². The monoisotopic (exact) mass is 442 g/mol. The molecule has 0 bridgehead atoms. The van der Waals surface area contributed by atoms with Crippen molar-refractivity contribution in [1.82, 2.24) is 9.55 Å². The van der Waals surface area contributed by atoms with Crippen LogP contribution in [0.15, 0.2) is 30.6 Å². The van der Waals surface area contributed by atoms with Gasteiger partial charge in [0.05, 0.1) is 17.9 Å². The first kappa shape index (κ1) is 23.5. The number of benzene rings is 1. The van der Waals surface area contributed by atoms with E-state index >= 15 is 0 Å². The number of fused-ring (bicyclic) bond motifs is 3. The molecule has 8 heteroatoms. The van der Waals surface area contributed by atoms with E-state index in [0.717, 1.165) is 29.9 Å². The number of carbonyl (C=O) groups excluding carboxylic acids is 2. The molecule has 2 atom stereocenters. The molecule has 32 heavy (non-hydrogen) atoms. The Balaban J connectivity index is 1.49. The number of carbonyl (C=O) groups is 3. The Morgan fingerprint density at radius 2 is 1.88 bits per heavy atom. The summed E-state index contributed by atoms with van der Waals surface area (Å²) in [5.74, 6) is -2.31. The molecule has 1 aromatic heterocycles. The number of para-hydroxylation sites is 1. The Morgan fingerprint density at radius 1 is 1.12 bits per heavy atom. The number of hydrogen-bond acceptors (Lipinski definition) is 6. The Hall–Kier alpha value is -3.16. The molecule has 1 aliphatic heterocycles. The molecule has 0 amide bonds. The number of ether oxygens (including phenoxy) is 2. The fraction of sp³-hybridized carbons (Fsp3) is 0.500. The first-order valence-corrected chi connectivity index (χ1v) is 11.1. The van der Waals surface area contributed by atoms with Crippen LogP contribution in [0.5, 0.6) is 0 Å². The normalized spacial score (nSPS) is 14.1. The van der Waals surface area contributed by atoms with Gasteiger partial charge in [0.25, 0.3) is 0 Å². The molecule has 0 fully saturated rings. The van der Waals surface area contributed by atoms with Gasteiger partial charge in [0, 0.05) is 37.6 Å². The second kappa shape index (κ2) is 10.9. The Labute approximate surface area is 187 Å². The van der Waals surface area contributed by atoms with Gasteiger partial charge in [-0.25, -0.2) is 4.98 Å². The van der Waals surface area contributed by atoms with E-state index in [1.807, 2.05) is 12.1 Å². The number of aromatic nitrogens is 2. The summed E-state index contributed by atoms with van der Waals surface area (Å²) in [7, 11) is 0. The predicted molar refractivity (Wildman–Crippen MR) is 116 cm³/mol. The molecule has 3 rings (SSSR count). The number of hydrogen-bond donors (Lipinski definition) is 1. The van der Waals surface area contributed by atoms with Crippen LogP contribution in [0.3, 0.4) is 0 Å². The second-order valence-corrected chi connectivity index (χ2v) is 8.02. The Morgan fingerprint density at radius 3 is 2.62 bits per heavy atom. The summed E-state index contributed by atoms with van der Waals surface area (Å²) in [6, 6.07) is 8.18. The molecule has 2 aromatic rings. The van der Waals surface area contributed by atoms with Crippen LogP contribution in [0.4, 0.5) is 0 Å². The van der Waals surface area contributed by atoms with Crippen LogP contribution in [0.1, 0.15) is 62.9 Å². The van der Waals surface area contributed by atoms with Crippen LogP contribution < -0.4 is 0 Å². The first-order chi connectivity index (χ1) is 15.4. The number of esters is 2. The summed E-state index contributed by atoms with van der Waals surface area (Å²) in [4.78, 5) is 39.4. The molecule has 1 N–H and O–H groups in total. The molecule has 0 saturated heterocycles. The number of aryl methyl sites for hydroxylation is 1.